The molecule has 0 fully saturated rings. The summed E-state index contributed by atoms with van der Waals surface area (Å²) in [5, 5.41) is 17.4. The van der Waals surface area contributed by atoms with Gasteiger partial charge in [0.15, 0.2) is 0 Å². The van der Waals surface area contributed by atoms with Gasteiger partial charge in [-0.1, -0.05) is 36.9 Å². The molecule has 0 saturated carbocycles. The van der Waals surface area contributed by atoms with Crippen molar-refractivity contribution in [3.8, 4) is 0 Å². The zero-order valence-electron chi connectivity index (χ0n) is 7.07. The molecule has 0 heterocycles. The molecule has 57 valence electrons. The molecule has 0 aliphatic rings. The smallest absolute Gasteiger partial charge is 0.423 e. The van der Waals surface area contributed by atoms with E-state index in [1.807, 2.05) is 0 Å². The summed E-state index contributed by atoms with van der Waals surface area (Å²) < 4.78 is 0. The number of hydrogen-bond acceptors (Lipinski definition) is 2. The molecule has 4 heteroatoms. The van der Waals surface area contributed by atoms with Gasteiger partial charge in [0.25, 0.3) is 0 Å². The Morgan fingerprint density at radius 2 is 1.67 bits per heavy atom. The third-order valence-electron chi connectivity index (χ3n) is 1.47. The molecule has 0 spiro atoms. The average molecular weight is 155 g/mol. The Hall–Kier alpha value is -0.458. The zero-order chi connectivity index (χ0) is 8.27. The fourth-order valence-corrected chi connectivity index (χ4v) is 0.804. The van der Waals surface area contributed by atoms with Gasteiger partial charge in [-0.25, -0.2) is 0 Å². The minimum absolute atomic E-state index is 0. The van der Waals surface area contributed by atoms with Crippen molar-refractivity contribution in [1.29, 1.82) is 0 Å². The van der Waals surface area contributed by atoms with Crippen molar-refractivity contribution in [2.24, 2.45) is 0 Å². The van der Waals surface area contributed by atoms with Crippen LogP contribution in [0.1, 0.15) is 5.56 Å². The van der Waals surface area contributed by atoms with Gasteiger partial charge in [-0.05, 0) is 11.0 Å². The van der Waals surface area contributed by atoms with Crippen LogP contribution in [0.5, 0.6) is 0 Å². The summed E-state index contributed by atoms with van der Waals surface area (Å²) in [7, 11) is -1.38. The second-order valence-corrected chi connectivity index (χ2v) is 2.24. The summed E-state index contributed by atoms with van der Waals surface area (Å²) in [4.78, 5) is 0. The van der Waals surface area contributed by atoms with Gasteiger partial charge in [0, 0.05) is 18.9 Å². The largest absolute Gasteiger partial charge is 0.488 e. The normalized spacial score (nSPS) is 8.50. The van der Waals surface area contributed by atoms with E-state index < -0.39 is 7.12 Å². The van der Waals surface area contributed by atoms with Gasteiger partial charge in [-0.2, -0.15) is 0 Å². The van der Waals surface area contributed by atoms with Crippen LogP contribution in [0.15, 0.2) is 30.8 Å². The second-order valence-electron chi connectivity index (χ2n) is 2.24. The monoisotopic (exact) mass is 155 g/mol. The minimum Gasteiger partial charge on any atom is -0.423 e. The Kier molecular flexibility index (Phi) is 5.03. The molecule has 12 heavy (non-hydrogen) atoms. The number of hydrogen-bond donors (Lipinski definition) is 2. The maximum absolute atomic E-state index is 8.72. The second kappa shape index (κ2) is 5.23. The van der Waals surface area contributed by atoms with E-state index in [4.69, 9.17) is 10.0 Å². The summed E-state index contributed by atoms with van der Waals surface area (Å²) in [6.07, 6.45) is 1.70. The van der Waals surface area contributed by atoms with Gasteiger partial charge in [0.2, 0.25) is 0 Å². The van der Waals surface area contributed by atoms with Crippen molar-refractivity contribution in [3.05, 3.63) is 36.4 Å². The van der Waals surface area contributed by atoms with E-state index in [9.17, 15) is 0 Å². The van der Waals surface area contributed by atoms with Crippen LogP contribution in [0.3, 0.4) is 0 Å². The van der Waals surface area contributed by atoms with E-state index in [0.29, 0.717) is 5.46 Å². The molecule has 0 bridgehead atoms. The Balaban J connectivity index is 0.00000121. The molecule has 2 nitrogen and oxygen atoms in total. The first-order chi connectivity index (χ1) is 5.24. The van der Waals surface area contributed by atoms with Crippen molar-refractivity contribution in [3.63, 3.8) is 0 Å². The van der Waals surface area contributed by atoms with Crippen molar-refractivity contribution >= 4 is 37.5 Å². The molecule has 1 aromatic rings. The Labute approximate surface area is 84.3 Å². The molecular formula is C8H9BLiO2. The van der Waals surface area contributed by atoms with E-state index in [0.717, 1.165) is 5.56 Å². The predicted molar refractivity (Wildman–Crippen MR) is 52.1 cm³/mol. The van der Waals surface area contributed by atoms with E-state index in [-0.39, 0.29) is 18.9 Å². The van der Waals surface area contributed by atoms with Gasteiger partial charge >= 0.3 is 7.12 Å². The summed E-state index contributed by atoms with van der Waals surface area (Å²) in [5.41, 5.74) is 1.46. The molecule has 0 saturated heterocycles. The molecule has 0 amide bonds. The van der Waals surface area contributed by atoms with Crippen LogP contribution in [0, 0.1) is 0 Å². The Morgan fingerprint density at radius 3 is 2.00 bits per heavy atom. The molecule has 0 aliphatic heterocycles. The zero-order valence-corrected chi connectivity index (χ0v) is 7.07. The van der Waals surface area contributed by atoms with Gasteiger partial charge in [-0.15, -0.1) is 0 Å². The predicted octanol–water partition coefficient (Wildman–Crippen LogP) is -0.371. The first-order valence-electron chi connectivity index (χ1n) is 3.32. The molecule has 0 unspecified atom stereocenters. The maximum atomic E-state index is 8.72. The van der Waals surface area contributed by atoms with Crippen LogP contribution in [-0.4, -0.2) is 36.0 Å². The minimum atomic E-state index is -1.38. The van der Waals surface area contributed by atoms with Gasteiger partial charge in [-0.3, -0.25) is 0 Å². The van der Waals surface area contributed by atoms with Gasteiger partial charge in [0.1, 0.15) is 0 Å². The fraction of sp³-hybridized carbons (Fsp3) is 0. The summed E-state index contributed by atoms with van der Waals surface area (Å²) in [6.45, 7) is 3.58. The molecular weight excluding hydrogens is 146 g/mol. The topological polar surface area (TPSA) is 40.5 Å². The molecule has 2 N–H and O–H groups in total. The maximum Gasteiger partial charge on any atom is 0.488 e. The van der Waals surface area contributed by atoms with Crippen LogP contribution in [0.4, 0.5) is 0 Å². The summed E-state index contributed by atoms with van der Waals surface area (Å²) >= 11 is 0. The SMILES string of the molecule is C=Cc1ccc(B(O)O)cc1.[Li]. The third kappa shape index (κ3) is 2.88. The Bertz CT molecular complexity index is 246. The first-order valence-corrected chi connectivity index (χ1v) is 3.32. The molecule has 1 radical (unpaired) electrons. The summed E-state index contributed by atoms with van der Waals surface area (Å²) in [5.74, 6) is 0. The van der Waals surface area contributed by atoms with Crippen molar-refractivity contribution < 1.29 is 10.0 Å². The van der Waals surface area contributed by atoms with E-state index in [2.05, 4.69) is 6.58 Å². The van der Waals surface area contributed by atoms with Crippen LogP contribution in [-0.2, 0) is 0 Å². The van der Waals surface area contributed by atoms with Crippen LogP contribution >= 0.6 is 0 Å². The molecule has 0 atom stereocenters. The van der Waals surface area contributed by atoms with E-state index >= 15 is 0 Å². The molecule has 1 aromatic carbocycles. The average Bonchev–Trinajstić information content (AvgIpc) is 2.05. The molecule has 0 aromatic heterocycles. The van der Waals surface area contributed by atoms with Crippen LogP contribution in [0.25, 0.3) is 6.08 Å². The van der Waals surface area contributed by atoms with Crippen molar-refractivity contribution in [1.82, 2.24) is 0 Å². The van der Waals surface area contributed by atoms with Gasteiger partial charge in [0.05, 0.1) is 0 Å². The number of rotatable bonds is 2. The van der Waals surface area contributed by atoms with Crippen LogP contribution in [0.2, 0.25) is 0 Å². The van der Waals surface area contributed by atoms with E-state index in [1.165, 1.54) is 0 Å². The molecule has 0 aliphatic carbocycles. The quantitative estimate of drug-likeness (QED) is 0.572. The number of benzene rings is 1. The van der Waals surface area contributed by atoms with E-state index in [1.54, 1.807) is 30.3 Å². The Morgan fingerprint density at radius 1 is 1.17 bits per heavy atom. The summed E-state index contributed by atoms with van der Waals surface area (Å²) in [6, 6.07) is 6.87. The van der Waals surface area contributed by atoms with Gasteiger partial charge < -0.3 is 10.0 Å². The van der Waals surface area contributed by atoms with Crippen molar-refractivity contribution in [2.75, 3.05) is 0 Å². The van der Waals surface area contributed by atoms with Crippen molar-refractivity contribution in [2.45, 2.75) is 0 Å². The third-order valence-corrected chi connectivity index (χ3v) is 1.47. The fourth-order valence-electron chi connectivity index (χ4n) is 0.804. The molecule has 1 rings (SSSR count). The van der Waals surface area contributed by atoms with Crippen LogP contribution < -0.4 is 5.46 Å². The standard InChI is InChI=1S/C8H9BO2.Li/c1-2-7-3-5-8(6-4-7)9(10)11;/h2-6,10-11H,1H2;. The first kappa shape index (κ1) is 11.5.